The summed E-state index contributed by atoms with van der Waals surface area (Å²) in [6, 6.07) is 18.9. The Hall–Kier alpha value is -4.58. The third-order valence-corrected chi connectivity index (χ3v) is 5.87. The van der Waals surface area contributed by atoms with Gasteiger partial charge in [0.1, 0.15) is 6.07 Å². The molecular weight excluding hydrogens is 451 g/mol. The highest BCUT2D eigenvalue weighted by atomic mass is 19.1. The molecular formula is C26H23FN4O4. The summed E-state index contributed by atoms with van der Waals surface area (Å²) in [6.45, 7) is 1.27. The number of piperazine rings is 1. The van der Waals surface area contributed by atoms with Gasteiger partial charge in [0.15, 0.2) is 11.6 Å². The van der Waals surface area contributed by atoms with Crippen molar-refractivity contribution in [3.05, 3.63) is 77.6 Å². The van der Waals surface area contributed by atoms with Crippen LogP contribution in [0.25, 0.3) is 11.1 Å². The molecule has 1 aliphatic rings. The lowest BCUT2D eigenvalue weighted by Gasteiger charge is -2.33. The summed E-state index contributed by atoms with van der Waals surface area (Å²) in [5.74, 6) is -0.489. The van der Waals surface area contributed by atoms with E-state index in [1.54, 1.807) is 53.4 Å². The highest BCUT2D eigenvalue weighted by Gasteiger charge is 2.24. The summed E-state index contributed by atoms with van der Waals surface area (Å²) in [4.78, 5) is 26.7. The summed E-state index contributed by atoms with van der Waals surface area (Å²) >= 11 is 0. The quantitative estimate of drug-likeness (QED) is 0.562. The van der Waals surface area contributed by atoms with Crippen LogP contribution in [-0.4, -0.2) is 60.2 Å². The zero-order chi connectivity index (χ0) is 24.9. The maximum absolute atomic E-state index is 14.1. The minimum Gasteiger partial charge on any atom is -0.494 e. The van der Waals surface area contributed by atoms with Crippen LogP contribution in [0.2, 0.25) is 0 Å². The van der Waals surface area contributed by atoms with E-state index in [1.165, 1.54) is 24.1 Å². The summed E-state index contributed by atoms with van der Waals surface area (Å²) in [5.41, 5.74) is 3.47. The number of ether oxygens (including phenoxy) is 1. The molecule has 3 aromatic rings. The third-order valence-electron chi connectivity index (χ3n) is 5.87. The number of anilines is 2. The van der Waals surface area contributed by atoms with E-state index in [9.17, 15) is 19.2 Å². The number of amides is 2. The Bertz CT molecular complexity index is 1300. The van der Waals surface area contributed by atoms with E-state index in [0.29, 0.717) is 46.7 Å². The standard InChI is InChI=1S/C26H23FN4O4/c1-35-24-9-5-19(15-22(24)27)18-4-8-23(20(14-18)16-28)29-21-6-2-17(3-7-21)25(32)30-10-12-31(13-11-30)26(33)34/h2-9,14-15,29H,10-13H2,1H3,(H,33,34). The van der Waals surface area contributed by atoms with Crippen molar-refractivity contribution in [1.82, 2.24) is 9.80 Å². The average molecular weight is 474 g/mol. The molecule has 9 heteroatoms. The maximum atomic E-state index is 14.1. The fourth-order valence-electron chi connectivity index (χ4n) is 3.91. The molecule has 2 N–H and O–H groups in total. The number of carboxylic acid groups (broad SMARTS) is 1. The van der Waals surface area contributed by atoms with Crippen molar-refractivity contribution in [2.75, 3.05) is 38.6 Å². The van der Waals surface area contributed by atoms with E-state index >= 15 is 0 Å². The van der Waals surface area contributed by atoms with Crippen LogP contribution in [0.1, 0.15) is 15.9 Å². The Balaban J connectivity index is 1.46. The van der Waals surface area contributed by atoms with Crippen molar-refractivity contribution in [3.63, 3.8) is 0 Å². The average Bonchev–Trinajstić information content (AvgIpc) is 2.89. The van der Waals surface area contributed by atoms with Crippen molar-refractivity contribution in [3.8, 4) is 22.9 Å². The summed E-state index contributed by atoms with van der Waals surface area (Å²) in [7, 11) is 1.40. The molecule has 0 atom stereocenters. The number of rotatable bonds is 5. The number of nitriles is 1. The monoisotopic (exact) mass is 474 g/mol. The van der Waals surface area contributed by atoms with Crippen LogP contribution >= 0.6 is 0 Å². The van der Waals surface area contributed by atoms with E-state index in [0.717, 1.165) is 0 Å². The molecule has 3 aromatic carbocycles. The van der Waals surface area contributed by atoms with Crippen LogP contribution in [0.3, 0.4) is 0 Å². The predicted octanol–water partition coefficient (Wildman–Crippen LogP) is 4.55. The van der Waals surface area contributed by atoms with Crippen molar-refractivity contribution < 1.29 is 23.8 Å². The Morgan fingerprint density at radius 1 is 0.971 bits per heavy atom. The largest absolute Gasteiger partial charge is 0.494 e. The number of hydrogen-bond acceptors (Lipinski definition) is 5. The van der Waals surface area contributed by atoms with E-state index < -0.39 is 11.9 Å². The predicted molar refractivity (Wildman–Crippen MR) is 128 cm³/mol. The molecule has 0 aromatic heterocycles. The molecule has 0 bridgehead atoms. The number of methoxy groups -OCH3 is 1. The molecule has 0 aliphatic carbocycles. The van der Waals surface area contributed by atoms with Crippen LogP contribution < -0.4 is 10.1 Å². The molecule has 8 nitrogen and oxygen atoms in total. The van der Waals surface area contributed by atoms with Gasteiger partial charge in [-0.3, -0.25) is 4.79 Å². The van der Waals surface area contributed by atoms with Gasteiger partial charge in [0.2, 0.25) is 0 Å². The first kappa shape index (κ1) is 23.6. The lowest BCUT2D eigenvalue weighted by Crippen LogP contribution is -2.50. The molecule has 4 rings (SSSR count). The van der Waals surface area contributed by atoms with Crippen LogP contribution in [0.4, 0.5) is 20.6 Å². The highest BCUT2D eigenvalue weighted by molar-refractivity contribution is 5.94. The van der Waals surface area contributed by atoms with Gasteiger partial charge in [-0.2, -0.15) is 5.26 Å². The van der Waals surface area contributed by atoms with E-state index in [4.69, 9.17) is 9.84 Å². The Morgan fingerprint density at radius 3 is 2.20 bits per heavy atom. The zero-order valence-corrected chi connectivity index (χ0v) is 19.0. The fraction of sp³-hybridized carbons (Fsp3) is 0.192. The van der Waals surface area contributed by atoms with Gasteiger partial charge in [-0.15, -0.1) is 0 Å². The van der Waals surface area contributed by atoms with Crippen LogP contribution in [0.5, 0.6) is 5.75 Å². The SMILES string of the molecule is COc1ccc(-c2ccc(Nc3ccc(C(=O)N4CCN(C(=O)O)CC4)cc3)c(C#N)c2)cc1F. The third kappa shape index (κ3) is 5.17. The lowest BCUT2D eigenvalue weighted by atomic mass is 10.0. The normalized spacial score (nSPS) is 13.2. The zero-order valence-electron chi connectivity index (χ0n) is 19.0. The molecule has 0 unspecified atom stereocenters. The number of carbonyl (C=O) groups excluding carboxylic acids is 1. The van der Waals surface area contributed by atoms with Crippen LogP contribution in [0.15, 0.2) is 60.7 Å². The van der Waals surface area contributed by atoms with Crippen molar-refractivity contribution >= 4 is 23.4 Å². The van der Waals surface area contributed by atoms with Gasteiger partial charge in [0, 0.05) is 37.4 Å². The first-order valence-corrected chi connectivity index (χ1v) is 10.9. The summed E-state index contributed by atoms with van der Waals surface area (Å²) in [5, 5.41) is 21.9. The van der Waals surface area contributed by atoms with Crippen molar-refractivity contribution in [2.24, 2.45) is 0 Å². The second-order valence-corrected chi connectivity index (χ2v) is 7.99. The fourth-order valence-corrected chi connectivity index (χ4v) is 3.91. The molecule has 1 heterocycles. The van der Waals surface area contributed by atoms with Gasteiger partial charge in [0.25, 0.3) is 5.91 Å². The Morgan fingerprint density at radius 2 is 1.60 bits per heavy atom. The minimum atomic E-state index is -0.978. The summed E-state index contributed by atoms with van der Waals surface area (Å²) < 4.78 is 19.0. The summed E-state index contributed by atoms with van der Waals surface area (Å²) in [6.07, 6.45) is -0.978. The number of halogens is 1. The Kier molecular flexibility index (Phi) is 6.83. The second-order valence-electron chi connectivity index (χ2n) is 7.99. The van der Waals surface area contributed by atoms with Crippen molar-refractivity contribution in [2.45, 2.75) is 0 Å². The van der Waals surface area contributed by atoms with Gasteiger partial charge < -0.3 is 25.0 Å². The van der Waals surface area contributed by atoms with Crippen LogP contribution in [0, 0.1) is 17.1 Å². The smallest absolute Gasteiger partial charge is 0.407 e. The number of benzene rings is 3. The first-order chi connectivity index (χ1) is 16.9. The molecule has 0 saturated carbocycles. The molecule has 1 fully saturated rings. The molecule has 0 spiro atoms. The molecule has 2 amide bonds. The van der Waals surface area contributed by atoms with Gasteiger partial charge >= 0.3 is 6.09 Å². The molecule has 0 radical (unpaired) electrons. The topological polar surface area (TPSA) is 106 Å². The Labute approximate surface area is 201 Å². The highest BCUT2D eigenvalue weighted by Crippen LogP contribution is 2.30. The molecule has 1 saturated heterocycles. The minimum absolute atomic E-state index is 0.150. The van der Waals surface area contributed by atoms with E-state index in [-0.39, 0.29) is 24.7 Å². The molecule has 35 heavy (non-hydrogen) atoms. The van der Waals surface area contributed by atoms with Gasteiger partial charge in [-0.1, -0.05) is 12.1 Å². The maximum Gasteiger partial charge on any atom is 0.407 e. The van der Waals surface area contributed by atoms with Gasteiger partial charge in [-0.05, 0) is 59.7 Å². The number of hydrogen-bond donors (Lipinski definition) is 2. The first-order valence-electron chi connectivity index (χ1n) is 10.9. The number of carbonyl (C=O) groups is 2. The molecule has 1 aliphatic heterocycles. The second kappa shape index (κ2) is 10.1. The van der Waals surface area contributed by atoms with E-state index in [2.05, 4.69) is 11.4 Å². The number of nitrogens with one attached hydrogen (secondary N) is 1. The molecule has 178 valence electrons. The van der Waals surface area contributed by atoms with Crippen LogP contribution in [-0.2, 0) is 0 Å². The van der Waals surface area contributed by atoms with Gasteiger partial charge in [0.05, 0.1) is 18.4 Å². The number of nitrogens with zero attached hydrogens (tertiary/aromatic N) is 3. The lowest BCUT2D eigenvalue weighted by molar-refractivity contribution is 0.0625. The van der Waals surface area contributed by atoms with E-state index in [1.807, 2.05) is 0 Å². The van der Waals surface area contributed by atoms with Gasteiger partial charge in [-0.25, -0.2) is 9.18 Å². The van der Waals surface area contributed by atoms with Crippen molar-refractivity contribution in [1.29, 1.82) is 5.26 Å².